The molecule has 1 saturated heterocycles. The number of aliphatic hydroxyl groups excluding tert-OH is 1. The summed E-state index contributed by atoms with van der Waals surface area (Å²) in [4.78, 5) is 14.5. The first-order chi connectivity index (χ1) is 12.2. The summed E-state index contributed by atoms with van der Waals surface area (Å²) >= 11 is 0. The van der Waals surface area contributed by atoms with Crippen molar-refractivity contribution in [1.82, 2.24) is 10.2 Å². The van der Waals surface area contributed by atoms with E-state index in [2.05, 4.69) is 5.32 Å². The number of amides is 2. The number of ether oxygens (including phenoxy) is 2. The van der Waals surface area contributed by atoms with Crippen LogP contribution in [-0.4, -0.2) is 55.1 Å². The number of urea groups is 1. The van der Waals surface area contributed by atoms with Crippen molar-refractivity contribution in [3.63, 3.8) is 0 Å². The zero-order valence-corrected chi connectivity index (χ0v) is 14.6. The molecule has 0 spiro atoms. The molecule has 0 aromatic heterocycles. The fraction of sp³-hybridized carbons (Fsp3) is 0.632. The maximum absolute atomic E-state index is 12.6. The standard InChI is InChI=1S/C19H26N2O4/c1-24-5-6-25-15-4-2-3-12(7-15)10-20-19(23)21-11-14-8-13-9-16(14)17(21)18(13)22/h2-4,7,13-14,16-18,22H,5-6,8-11H2,1H3,(H,20,23)/t13-,14-,16+,17+,18+/m0/s1. The minimum Gasteiger partial charge on any atom is -0.491 e. The monoisotopic (exact) mass is 346 g/mol. The molecular formula is C19H26N2O4. The number of hydrogen-bond donors (Lipinski definition) is 2. The lowest BCUT2D eigenvalue weighted by atomic mass is 9.88. The number of fused-ring (bicyclic) bond motifs is 1. The van der Waals surface area contributed by atoms with E-state index in [9.17, 15) is 9.90 Å². The van der Waals surface area contributed by atoms with Gasteiger partial charge in [0.25, 0.3) is 0 Å². The molecule has 6 heteroatoms. The van der Waals surface area contributed by atoms with E-state index in [0.29, 0.717) is 37.5 Å². The highest BCUT2D eigenvalue weighted by Gasteiger charge is 2.59. The topological polar surface area (TPSA) is 71.0 Å². The molecule has 3 aliphatic rings. The van der Waals surface area contributed by atoms with Crippen LogP contribution in [0, 0.1) is 17.8 Å². The van der Waals surface area contributed by atoms with Crippen molar-refractivity contribution in [3.05, 3.63) is 29.8 Å². The minimum absolute atomic E-state index is 0.0208. The molecule has 4 rings (SSSR count). The number of carbonyl (C=O) groups excluding carboxylic acids is 1. The number of nitrogens with one attached hydrogen (secondary N) is 1. The molecule has 0 unspecified atom stereocenters. The number of carbonyl (C=O) groups is 1. The third-order valence-corrected chi connectivity index (χ3v) is 6.01. The Hall–Kier alpha value is -1.79. The average molecular weight is 346 g/mol. The van der Waals surface area contributed by atoms with Gasteiger partial charge in [0.1, 0.15) is 12.4 Å². The zero-order valence-electron chi connectivity index (χ0n) is 14.6. The van der Waals surface area contributed by atoms with Gasteiger partial charge in [-0.3, -0.25) is 0 Å². The molecule has 2 bridgehead atoms. The number of methoxy groups -OCH3 is 1. The van der Waals surface area contributed by atoms with Crippen molar-refractivity contribution in [3.8, 4) is 5.75 Å². The lowest BCUT2D eigenvalue weighted by molar-refractivity contribution is 0.0608. The van der Waals surface area contributed by atoms with Crippen molar-refractivity contribution in [1.29, 1.82) is 0 Å². The van der Waals surface area contributed by atoms with E-state index in [0.717, 1.165) is 30.7 Å². The second-order valence-corrected chi connectivity index (χ2v) is 7.44. The third kappa shape index (κ3) is 3.09. The SMILES string of the molecule is COCCOc1cccc(CNC(=O)N2C[C@@H]3C[C@H]4C[C@H]3[C@@H]2[C@@H]4O)c1. The van der Waals surface area contributed by atoms with Gasteiger partial charge in [-0.2, -0.15) is 0 Å². The van der Waals surface area contributed by atoms with E-state index < -0.39 is 0 Å². The molecule has 1 aromatic carbocycles. The van der Waals surface area contributed by atoms with E-state index in [1.54, 1.807) is 7.11 Å². The van der Waals surface area contributed by atoms with E-state index in [4.69, 9.17) is 9.47 Å². The van der Waals surface area contributed by atoms with E-state index in [1.807, 2.05) is 29.2 Å². The highest BCUT2D eigenvalue weighted by Crippen LogP contribution is 2.54. The Morgan fingerprint density at radius 3 is 3.00 bits per heavy atom. The van der Waals surface area contributed by atoms with Gasteiger partial charge in [0.15, 0.2) is 0 Å². The molecule has 136 valence electrons. The second kappa shape index (κ2) is 6.84. The Kier molecular flexibility index (Phi) is 4.56. The first-order valence-corrected chi connectivity index (χ1v) is 9.10. The Bertz CT molecular complexity index is 636. The predicted octanol–water partition coefficient (Wildman–Crippen LogP) is 1.62. The summed E-state index contributed by atoms with van der Waals surface area (Å²) in [7, 11) is 1.64. The highest BCUT2D eigenvalue weighted by atomic mass is 16.5. The summed E-state index contributed by atoms with van der Waals surface area (Å²) in [5.74, 6) is 2.26. The van der Waals surface area contributed by atoms with Gasteiger partial charge in [-0.25, -0.2) is 4.79 Å². The quantitative estimate of drug-likeness (QED) is 0.768. The summed E-state index contributed by atoms with van der Waals surface area (Å²) in [6, 6.07) is 7.68. The number of hydrogen-bond acceptors (Lipinski definition) is 4. The van der Waals surface area contributed by atoms with E-state index >= 15 is 0 Å². The third-order valence-electron chi connectivity index (χ3n) is 6.01. The maximum atomic E-state index is 12.6. The van der Waals surface area contributed by atoms with Crippen LogP contribution in [-0.2, 0) is 11.3 Å². The van der Waals surface area contributed by atoms with Gasteiger partial charge in [-0.1, -0.05) is 12.1 Å². The van der Waals surface area contributed by atoms with Crippen molar-refractivity contribution in [2.24, 2.45) is 17.8 Å². The van der Waals surface area contributed by atoms with Crippen LogP contribution >= 0.6 is 0 Å². The van der Waals surface area contributed by atoms with Crippen molar-refractivity contribution >= 4 is 6.03 Å². The van der Waals surface area contributed by atoms with Crippen LogP contribution in [0.15, 0.2) is 24.3 Å². The Morgan fingerprint density at radius 1 is 1.32 bits per heavy atom. The van der Waals surface area contributed by atoms with Gasteiger partial charge >= 0.3 is 6.03 Å². The Labute approximate surface area is 148 Å². The fourth-order valence-electron chi connectivity index (χ4n) is 4.92. The Balaban J connectivity index is 1.33. The number of benzene rings is 1. The second-order valence-electron chi connectivity index (χ2n) is 7.44. The summed E-state index contributed by atoms with van der Waals surface area (Å²) in [5, 5.41) is 13.4. The molecular weight excluding hydrogens is 320 g/mol. The molecule has 2 N–H and O–H groups in total. The van der Waals surface area contributed by atoms with Crippen LogP contribution in [0.25, 0.3) is 0 Å². The first kappa shape index (κ1) is 16.7. The van der Waals surface area contributed by atoms with Gasteiger partial charge < -0.3 is 24.8 Å². The molecule has 25 heavy (non-hydrogen) atoms. The van der Waals surface area contributed by atoms with Gasteiger partial charge in [-0.15, -0.1) is 0 Å². The first-order valence-electron chi connectivity index (χ1n) is 9.10. The lowest BCUT2D eigenvalue weighted by Gasteiger charge is -2.29. The fourth-order valence-corrected chi connectivity index (χ4v) is 4.92. The molecule has 1 aromatic rings. The van der Waals surface area contributed by atoms with Crippen LogP contribution in [0.3, 0.4) is 0 Å². The van der Waals surface area contributed by atoms with Crippen LogP contribution in [0.5, 0.6) is 5.75 Å². The van der Waals surface area contributed by atoms with Gasteiger partial charge in [0.05, 0.1) is 18.8 Å². The minimum atomic E-state index is -0.341. The molecule has 0 radical (unpaired) electrons. The number of rotatable bonds is 6. The van der Waals surface area contributed by atoms with Crippen LogP contribution < -0.4 is 10.1 Å². The van der Waals surface area contributed by atoms with E-state index in [-0.39, 0.29) is 18.2 Å². The summed E-state index contributed by atoms with van der Waals surface area (Å²) in [6.07, 6.45) is 1.82. The van der Waals surface area contributed by atoms with Crippen molar-refractivity contribution < 1.29 is 19.4 Å². The molecule has 6 nitrogen and oxygen atoms in total. The van der Waals surface area contributed by atoms with Gasteiger partial charge in [0.2, 0.25) is 0 Å². The number of nitrogens with zero attached hydrogens (tertiary/aromatic N) is 1. The van der Waals surface area contributed by atoms with Gasteiger partial charge in [-0.05, 0) is 48.3 Å². The maximum Gasteiger partial charge on any atom is 0.318 e. The Morgan fingerprint density at radius 2 is 2.20 bits per heavy atom. The summed E-state index contributed by atoms with van der Waals surface area (Å²) in [5.41, 5.74) is 0.996. The number of likely N-dealkylation sites (tertiary alicyclic amines) is 1. The molecule has 1 heterocycles. The molecule has 2 saturated carbocycles. The van der Waals surface area contributed by atoms with Crippen molar-refractivity contribution in [2.45, 2.75) is 31.5 Å². The van der Waals surface area contributed by atoms with Crippen LogP contribution in [0.1, 0.15) is 18.4 Å². The summed E-state index contributed by atoms with van der Waals surface area (Å²) in [6.45, 7) is 2.29. The lowest BCUT2D eigenvalue weighted by Crippen LogP contribution is -2.47. The molecule has 5 atom stereocenters. The smallest absolute Gasteiger partial charge is 0.318 e. The average Bonchev–Trinajstić information content (AvgIpc) is 3.23. The summed E-state index contributed by atoms with van der Waals surface area (Å²) < 4.78 is 10.6. The van der Waals surface area contributed by atoms with Crippen LogP contribution in [0.2, 0.25) is 0 Å². The van der Waals surface area contributed by atoms with Crippen molar-refractivity contribution in [2.75, 3.05) is 26.9 Å². The number of aliphatic hydroxyl groups is 1. The van der Waals surface area contributed by atoms with Crippen LogP contribution in [0.4, 0.5) is 4.79 Å². The highest BCUT2D eigenvalue weighted by molar-refractivity contribution is 5.75. The molecule has 1 aliphatic heterocycles. The molecule has 2 aliphatic carbocycles. The van der Waals surface area contributed by atoms with E-state index in [1.165, 1.54) is 0 Å². The normalized spacial score (nSPS) is 32.2. The zero-order chi connectivity index (χ0) is 17.4. The predicted molar refractivity (Wildman–Crippen MR) is 92.3 cm³/mol. The molecule has 3 fully saturated rings. The molecule has 2 amide bonds. The van der Waals surface area contributed by atoms with Gasteiger partial charge in [0, 0.05) is 20.2 Å². The largest absolute Gasteiger partial charge is 0.491 e.